The normalized spacial score (nSPS) is 15.7. The lowest BCUT2D eigenvalue weighted by atomic mass is 10.1. The average Bonchev–Trinajstić information content (AvgIpc) is 2.91. The highest BCUT2D eigenvalue weighted by Crippen LogP contribution is 2.19. The fraction of sp³-hybridized carbons (Fsp3) is 0.333. The summed E-state index contributed by atoms with van der Waals surface area (Å²) in [7, 11) is 0. The fourth-order valence-electron chi connectivity index (χ4n) is 2.45. The van der Waals surface area contributed by atoms with Crippen LogP contribution in [0.4, 0.5) is 4.39 Å². The van der Waals surface area contributed by atoms with Crippen LogP contribution in [-0.2, 0) is 0 Å². The van der Waals surface area contributed by atoms with Gasteiger partial charge in [0.15, 0.2) is 5.69 Å². The third kappa shape index (κ3) is 3.36. The molecule has 0 spiro atoms. The lowest BCUT2D eigenvalue weighted by molar-refractivity contribution is 0.0923. The molecular weight excluding hydrogens is 351 g/mol. The minimum absolute atomic E-state index is 0.177. The van der Waals surface area contributed by atoms with Crippen LogP contribution < -0.4 is 10.6 Å². The van der Waals surface area contributed by atoms with Gasteiger partial charge in [-0.2, -0.15) is 5.10 Å². The molecule has 1 fully saturated rings. The predicted octanol–water partition coefficient (Wildman–Crippen LogP) is 2.26. The highest BCUT2D eigenvalue weighted by molar-refractivity contribution is 9.10. The maximum absolute atomic E-state index is 13.0. The van der Waals surface area contributed by atoms with Crippen LogP contribution in [0.25, 0.3) is 5.69 Å². The predicted molar refractivity (Wildman–Crippen MR) is 84.6 cm³/mol. The zero-order valence-electron chi connectivity index (χ0n) is 11.9. The van der Waals surface area contributed by atoms with Gasteiger partial charge in [-0.1, -0.05) is 0 Å². The Morgan fingerprint density at radius 1 is 1.32 bits per heavy atom. The Kier molecular flexibility index (Phi) is 4.54. The molecule has 7 heteroatoms. The van der Waals surface area contributed by atoms with E-state index in [9.17, 15) is 9.18 Å². The molecule has 0 atom stereocenters. The van der Waals surface area contributed by atoms with Gasteiger partial charge in [-0.3, -0.25) is 4.79 Å². The number of halogens is 2. The second-order valence-electron chi connectivity index (χ2n) is 5.24. The van der Waals surface area contributed by atoms with E-state index < -0.39 is 0 Å². The average molecular weight is 367 g/mol. The van der Waals surface area contributed by atoms with Crippen LogP contribution in [-0.4, -0.2) is 34.8 Å². The summed E-state index contributed by atoms with van der Waals surface area (Å²) in [6.45, 7) is 1.83. The topological polar surface area (TPSA) is 59.0 Å². The molecule has 1 aromatic heterocycles. The minimum atomic E-state index is -0.307. The van der Waals surface area contributed by atoms with Crippen LogP contribution in [0.2, 0.25) is 0 Å². The second-order valence-corrected chi connectivity index (χ2v) is 6.10. The van der Waals surface area contributed by atoms with Gasteiger partial charge in [0, 0.05) is 12.2 Å². The number of amides is 1. The highest BCUT2D eigenvalue weighted by Gasteiger charge is 2.20. The highest BCUT2D eigenvalue weighted by atomic mass is 79.9. The molecule has 116 valence electrons. The Labute approximate surface area is 136 Å². The number of nitrogens with one attached hydrogen (secondary N) is 2. The van der Waals surface area contributed by atoms with E-state index in [-0.39, 0.29) is 17.8 Å². The summed E-state index contributed by atoms with van der Waals surface area (Å²) in [5, 5.41) is 10.6. The number of carbonyl (C=O) groups is 1. The van der Waals surface area contributed by atoms with E-state index in [0.717, 1.165) is 25.9 Å². The summed E-state index contributed by atoms with van der Waals surface area (Å²) >= 11 is 3.36. The molecule has 1 aliphatic rings. The molecule has 0 bridgehead atoms. The van der Waals surface area contributed by atoms with E-state index in [2.05, 4.69) is 31.7 Å². The number of benzene rings is 1. The first-order valence-electron chi connectivity index (χ1n) is 7.16. The van der Waals surface area contributed by atoms with Gasteiger partial charge in [0.1, 0.15) is 5.82 Å². The van der Waals surface area contributed by atoms with Gasteiger partial charge in [-0.15, -0.1) is 0 Å². The van der Waals surface area contributed by atoms with E-state index in [4.69, 9.17) is 0 Å². The molecule has 0 unspecified atom stereocenters. The van der Waals surface area contributed by atoms with Crippen LogP contribution in [0.1, 0.15) is 23.3 Å². The molecule has 2 aromatic rings. The molecular formula is C15H16BrFN4O. The first kappa shape index (κ1) is 15.2. The molecule has 1 saturated heterocycles. The maximum Gasteiger partial charge on any atom is 0.273 e. The van der Waals surface area contributed by atoms with Crippen molar-refractivity contribution >= 4 is 21.8 Å². The first-order valence-corrected chi connectivity index (χ1v) is 7.95. The van der Waals surface area contributed by atoms with Crippen molar-refractivity contribution in [2.45, 2.75) is 18.9 Å². The van der Waals surface area contributed by atoms with E-state index in [1.807, 2.05) is 0 Å². The lowest BCUT2D eigenvalue weighted by Crippen LogP contribution is -2.42. The maximum atomic E-state index is 13.0. The Morgan fingerprint density at radius 2 is 2.00 bits per heavy atom. The summed E-state index contributed by atoms with van der Waals surface area (Å²) in [6, 6.07) is 6.13. The third-order valence-electron chi connectivity index (χ3n) is 3.65. The summed E-state index contributed by atoms with van der Waals surface area (Å²) < 4.78 is 15.1. The smallest absolute Gasteiger partial charge is 0.273 e. The van der Waals surface area contributed by atoms with E-state index in [0.29, 0.717) is 15.9 Å². The lowest BCUT2D eigenvalue weighted by Gasteiger charge is -2.23. The zero-order valence-corrected chi connectivity index (χ0v) is 13.4. The van der Waals surface area contributed by atoms with Gasteiger partial charge < -0.3 is 10.6 Å². The number of aromatic nitrogens is 2. The van der Waals surface area contributed by atoms with Crippen molar-refractivity contribution in [2.75, 3.05) is 13.1 Å². The van der Waals surface area contributed by atoms with Gasteiger partial charge in [-0.05, 0) is 66.1 Å². The Hall–Kier alpha value is -1.73. The number of carbonyl (C=O) groups excluding carboxylic acids is 1. The molecule has 5 nitrogen and oxygen atoms in total. The van der Waals surface area contributed by atoms with Crippen molar-refractivity contribution in [3.05, 3.63) is 46.4 Å². The Morgan fingerprint density at radius 3 is 2.68 bits per heavy atom. The molecule has 2 N–H and O–H groups in total. The van der Waals surface area contributed by atoms with Crippen molar-refractivity contribution in [1.82, 2.24) is 20.4 Å². The number of rotatable bonds is 3. The quantitative estimate of drug-likeness (QED) is 0.875. The van der Waals surface area contributed by atoms with Crippen LogP contribution >= 0.6 is 15.9 Å². The van der Waals surface area contributed by atoms with Gasteiger partial charge in [0.2, 0.25) is 0 Å². The van der Waals surface area contributed by atoms with Gasteiger partial charge in [0.05, 0.1) is 10.2 Å². The van der Waals surface area contributed by atoms with Crippen LogP contribution in [0, 0.1) is 5.82 Å². The summed E-state index contributed by atoms with van der Waals surface area (Å²) in [6.07, 6.45) is 3.54. The number of hydrogen-bond donors (Lipinski definition) is 2. The fourth-order valence-corrected chi connectivity index (χ4v) is 2.91. The second kappa shape index (κ2) is 6.58. The summed E-state index contributed by atoms with van der Waals surface area (Å²) in [5.74, 6) is -0.501. The number of piperidine rings is 1. The minimum Gasteiger partial charge on any atom is -0.348 e. The van der Waals surface area contributed by atoms with Crippen LogP contribution in [0.5, 0.6) is 0 Å². The van der Waals surface area contributed by atoms with E-state index >= 15 is 0 Å². The van der Waals surface area contributed by atoms with Crippen molar-refractivity contribution in [3.63, 3.8) is 0 Å². The SMILES string of the molecule is O=C(NC1CCNCC1)c1nn(-c2ccc(F)cc2)cc1Br. The molecule has 2 heterocycles. The van der Waals surface area contributed by atoms with Crippen molar-refractivity contribution in [1.29, 1.82) is 0 Å². The van der Waals surface area contributed by atoms with Crippen molar-refractivity contribution in [3.8, 4) is 5.69 Å². The Balaban J connectivity index is 1.76. The Bertz CT molecular complexity index is 665. The summed E-state index contributed by atoms with van der Waals surface area (Å²) in [5.41, 5.74) is 1.03. The molecule has 1 aliphatic heterocycles. The third-order valence-corrected chi connectivity index (χ3v) is 4.23. The van der Waals surface area contributed by atoms with Crippen molar-refractivity contribution < 1.29 is 9.18 Å². The van der Waals surface area contributed by atoms with Gasteiger partial charge >= 0.3 is 0 Å². The first-order chi connectivity index (χ1) is 10.6. The van der Waals surface area contributed by atoms with Gasteiger partial charge in [0.25, 0.3) is 5.91 Å². The summed E-state index contributed by atoms with van der Waals surface area (Å²) in [4.78, 5) is 12.3. The standard InChI is InChI=1S/C15H16BrFN4O/c16-13-9-21(12-3-1-10(17)2-4-12)20-14(13)15(22)19-11-5-7-18-8-6-11/h1-4,9,11,18H,5-8H2,(H,19,22). The van der Waals surface area contributed by atoms with Crippen LogP contribution in [0.3, 0.4) is 0 Å². The molecule has 0 radical (unpaired) electrons. The molecule has 0 saturated carbocycles. The van der Waals surface area contributed by atoms with E-state index in [1.165, 1.54) is 12.1 Å². The monoisotopic (exact) mass is 366 g/mol. The number of nitrogens with zero attached hydrogens (tertiary/aromatic N) is 2. The van der Waals surface area contributed by atoms with Crippen LogP contribution in [0.15, 0.2) is 34.9 Å². The molecule has 22 heavy (non-hydrogen) atoms. The molecule has 1 aromatic carbocycles. The van der Waals surface area contributed by atoms with E-state index in [1.54, 1.807) is 23.0 Å². The number of hydrogen-bond acceptors (Lipinski definition) is 3. The largest absolute Gasteiger partial charge is 0.348 e. The molecule has 0 aliphatic carbocycles. The van der Waals surface area contributed by atoms with Gasteiger partial charge in [-0.25, -0.2) is 9.07 Å². The molecule has 1 amide bonds. The van der Waals surface area contributed by atoms with Crippen molar-refractivity contribution in [2.24, 2.45) is 0 Å². The zero-order chi connectivity index (χ0) is 15.5. The molecule has 3 rings (SSSR count).